The normalized spacial score (nSPS) is 11.8. The minimum atomic E-state index is -0.0721. The second kappa shape index (κ2) is 9.79. The largest absolute Gasteiger partial charge is 0.490 e. The van der Waals surface area contributed by atoms with Crippen LogP contribution in [0, 0.1) is 0 Å². The molecule has 1 atom stereocenters. The van der Waals surface area contributed by atoms with Gasteiger partial charge in [-0.25, -0.2) is 0 Å². The first kappa shape index (κ1) is 18.9. The van der Waals surface area contributed by atoms with Crippen molar-refractivity contribution in [2.24, 2.45) is 0 Å². The number of rotatable bonds is 9. The lowest BCUT2D eigenvalue weighted by Gasteiger charge is -2.28. The molecule has 134 valence electrons. The lowest BCUT2D eigenvalue weighted by atomic mass is 10.0. The van der Waals surface area contributed by atoms with E-state index in [-0.39, 0.29) is 11.9 Å². The first-order chi connectivity index (χ1) is 12.2. The summed E-state index contributed by atoms with van der Waals surface area (Å²) in [5.41, 5.74) is 1.45. The molecule has 0 saturated carbocycles. The molecule has 1 heterocycles. The smallest absolute Gasteiger partial charge is 0.257 e. The summed E-state index contributed by atoms with van der Waals surface area (Å²) in [6, 6.07) is 13.0. The van der Waals surface area contributed by atoms with Crippen molar-refractivity contribution in [3.63, 3.8) is 0 Å². The van der Waals surface area contributed by atoms with Crippen molar-refractivity contribution < 1.29 is 14.3 Å². The number of ether oxygens (including phenoxy) is 2. The average molecular weight is 342 g/mol. The molecule has 0 saturated heterocycles. The SMILES string of the molecule is CCC[C@H](c1ccccn1)N(C)C(=O)c1ccccc1OCCOC. The molecule has 0 bridgehead atoms. The zero-order chi connectivity index (χ0) is 18.1. The Labute approximate surface area is 149 Å². The molecule has 5 heteroatoms. The molecule has 1 aromatic heterocycles. The Kier molecular flexibility index (Phi) is 7.41. The number of hydrogen-bond acceptors (Lipinski definition) is 4. The number of nitrogens with zero attached hydrogens (tertiary/aromatic N) is 2. The maximum atomic E-state index is 13.1. The monoisotopic (exact) mass is 342 g/mol. The second-order valence-electron chi connectivity index (χ2n) is 5.81. The first-order valence-corrected chi connectivity index (χ1v) is 8.57. The highest BCUT2D eigenvalue weighted by Gasteiger charge is 2.25. The zero-order valence-electron chi connectivity index (χ0n) is 15.1. The van der Waals surface area contributed by atoms with Crippen molar-refractivity contribution in [1.29, 1.82) is 0 Å². The number of pyridine rings is 1. The van der Waals surface area contributed by atoms with Gasteiger partial charge < -0.3 is 14.4 Å². The van der Waals surface area contributed by atoms with Gasteiger partial charge in [-0.3, -0.25) is 9.78 Å². The summed E-state index contributed by atoms with van der Waals surface area (Å²) in [5.74, 6) is 0.504. The fourth-order valence-corrected chi connectivity index (χ4v) is 2.72. The number of carbonyl (C=O) groups excluding carboxylic acids is 1. The third-order valence-electron chi connectivity index (χ3n) is 4.04. The van der Waals surface area contributed by atoms with Gasteiger partial charge in [-0.2, -0.15) is 0 Å². The van der Waals surface area contributed by atoms with Crippen LogP contribution in [0.15, 0.2) is 48.7 Å². The highest BCUT2D eigenvalue weighted by atomic mass is 16.5. The minimum Gasteiger partial charge on any atom is -0.490 e. The Bertz CT molecular complexity index is 661. The Morgan fingerprint density at radius 2 is 1.92 bits per heavy atom. The van der Waals surface area contributed by atoms with Crippen LogP contribution in [0.2, 0.25) is 0 Å². The Morgan fingerprint density at radius 3 is 2.60 bits per heavy atom. The van der Waals surface area contributed by atoms with Crippen LogP contribution >= 0.6 is 0 Å². The van der Waals surface area contributed by atoms with Crippen LogP contribution in [0.3, 0.4) is 0 Å². The highest BCUT2D eigenvalue weighted by Crippen LogP contribution is 2.27. The van der Waals surface area contributed by atoms with Crippen LogP contribution in [0.1, 0.15) is 41.9 Å². The van der Waals surface area contributed by atoms with Crippen molar-refractivity contribution in [3.05, 3.63) is 59.9 Å². The standard InChI is InChI=1S/C20H26N2O3/c1-4-9-18(17-11-7-8-13-21-17)22(2)20(23)16-10-5-6-12-19(16)25-15-14-24-3/h5-8,10-13,18H,4,9,14-15H2,1-3H3/t18-/m1/s1. The van der Waals surface area contributed by atoms with E-state index in [1.807, 2.05) is 43.4 Å². The van der Waals surface area contributed by atoms with E-state index in [0.29, 0.717) is 24.5 Å². The van der Waals surface area contributed by atoms with Gasteiger partial charge in [-0.05, 0) is 30.7 Å². The van der Waals surface area contributed by atoms with Gasteiger partial charge in [0, 0.05) is 20.4 Å². The molecule has 0 aliphatic carbocycles. The van der Waals surface area contributed by atoms with Crippen LogP contribution in [0.25, 0.3) is 0 Å². The first-order valence-electron chi connectivity index (χ1n) is 8.57. The third kappa shape index (κ3) is 5.03. The molecular formula is C20H26N2O3. The average Bonchev–Trinajstić information content (AvgIpc) is 2.66. The fourth-order valence-electron chi connectivity index (χ4n) is 2.72. The van der Waals surface area contributed by atoms with E-state index in [2.05, 4.69) is 11.9 Å². The van der Waals surface area contributed by atoms with Gasteiger partial charge in [0.25, 0.3) is 5.91 Å². The highest BCUT2D eigenvalue weighted by molar-refractivity contribution is 5.97. The maximum absolute atomic E-state index is 13.1. The lowest BCUT2D eigenvalue weighted by Crippen LogP contribution is -2.32. The van der Waals surface area contributed by atoms with Gasteiger partial charge in [0.2, 0.25) is 0 Å². The summed E-state index contributed by atoms with van der Waals surface area (Å²) in [7, 11) is 3.44. The quantitative estimate of drug-likeness (QED) is 0.652. The summed E-state index contributed by atoms with van der Waals surface area (Å²) in [6.45, 7) is 2.99. The lowest BCUT2D eigenvalue weighted by molar-refractivity contribution is 0.0711. The van der Waals surface area contributed by atoms with Crippen molar-refractivity contribution in [3.8, 4) is 5.75 Å². The molecule has 5 nitrogen and oxygen atoms in total. The van der Waals surface area contributed by atoms with Gasteiger partial charge in [0.1, 0.15) is 12.4 Å². The molecule has 2 rings (SSSR count). The van der Waals surface area contributed by atoms with Crippen LogP contribution in [-0.4, -0.2) is 43.2 Å². The van der Waals surface area contributed by atoms with Crippen molar-refractivity contribution in [2.75, 3.05) is 27.4 Å². The number of hydrogen-bond donors (Lipinski definition) is 0. The number of benzene rings is 1. The summed E-state index contributed by atoms with van der Waals surface area (Å²) in [5, 5.41) is 0. The van der Waals surface area contributed by atoms with E-state index < -0.39 is 0 Å². The summed E-state index contributed by atoms with van der Waals surface area (Å²) in [4.78, 5) is 19.3. The van der Waals surface area contributed by atoms with E-state index in [1.165, 1.54) is 0 Å². The van der Waals surface area contributed by atoms with E-state index in [4.69, 9.17) is 9.47 Å². The van der Waals surface area contributed by atoms with Crippen LogP contribution < -0.4 is 4.74 Å². The summed E-state index contributed by atoms with van der Waals surface area (Å²) >= 11 is 0. The number of carbonyl (C=O) groups is 1. The van der Waals surface area contributed by atoms with E-state index in [0.717, 1.165) is 18.5 Å². The fraction of sp³-hybridized carbons (Fsp3) is 0.400. The maximum Gasteiger partial charge on any atom is 0.257 e. The Balaban J connectivity index is 2.23. The number of para-hydroxylation sites is 1. The predicted octanol–water partition coefficient (Wildman–Crippen LogP) is 3.72. The molecular weight excluding hydrogens is 316 g/mol. The molecule has 25 heavy (non-hydrogen) atoms. The van der Waals surface area contributed by atoms with E-state index in [1.54, 1.807) is 24.3 Å². The number of amides is 1. The topological polar surface area (TPSA) is 51.7 Å². The molecule has 1 amide bonds. The van der Waals surface area contributed by atoms with Crippen molar-refractivity contribution in [1.82, 2.24) is 9.88 Å². The third-order valence-corrected chi connectivity index (χ3v) is 4.04. The van der Waals surface area contributed by atoms with E-state index in [9.17, 15) is 4.79 Å². The molecule has 0 aliphatic rings. The molecule has 0 spiro atoms. The Morgan fingerprint density at radius 1 is 1.16 bits per heavy atom. The van der Waals surface area contributed by atoms with Gasteiger partial charge in [0.15, 0.2) is 0 Å². The molecule has 0 aliphatic heterocycles. The number of methoxy groups -OCH3 is 1. The molecule has 0 radical (unpaired) electrons. The van der Waals surface area contributed by atoms with Crippen molar-refractivity contribution in [2.45, 2.75) is 25.8 Å². The molecule has 0 fully saturated rings. The summed E-state index contributed by atoms with van der Waals surface area (Å²) in [6.07, 6.45) is 3.58. The summed E-state index contributed by atoms with van der Waals surface area (Å²) < 4.78 is 10.7. The molecule has 1 aromatic carbocycles. The van der Waals surface area contributed by atoms with Crippen LogP contribution in [-0.2, 0) is 4.74 Å². The molecule has 2 aromatic rings. The Hall–Kier alpha value is -2.40. The number of aromatic nitrogens is 1. The van der Waals surface area contributed by atoms with Gasteiger partial charge in [-0.1, -0.05) is 31.5 Å². The van der Waals surface area contributed by atoms with Gasteiger partial charge in [-0.15, -0.1) is 0 Å². The van der Waals surface area contributed by atoms with Gasteiger partial charge >= 0.3 is 0 Å². The van der Waals surface area contributed by atoms with Gasteiger partial charge in [0.05, 0.1) is 23.9 Å². The molecule has 0 unspecified atom stereocenters. The van der Waals surface area contributed by atoms with Crippen LogP contribution in [0.5, 0.6) is 5.75 Å². The minimum absolute atomic E-state index is 0.0641. The van der Waals surface area contributed by atoms with Crippen LogP contribution in [0.4, 0.5) is 0 Å². The van der Waals surface area contributed by atoms with E-state index >= 15 is 0 Å². The zero-order valence-corrected chi connectivity index (χ0v) is 15.1. The second-order valence-corrected chi connectivity index (χ2v) is 5.81. The predicted molar refractivity (Wildman–Crippen MR) is 97.8 cm³/mol. The van der Waals surface area contributed by atoms with Crippen molar-refractivity contribution >= 4 is 5.91 Å². The molecule has 0 N–H and O–H groups in total.